The third-order valence-electron chi connectivity index (χ3n) is 3.14. The number of benzene rings is 1. The highest BCUT2D eigenvalue weighted by Crippen LogP contribution is 2.30. The maximum Gasteiger partial charge on any atom is 0.0763 e. The Morgan fingerprint density at radius 2 is 1.89 bits per heavy atom. The van der Waals surface area contributed by atoms with Crippen molar-refractivity contribution in [3.63, 3.8) is 0 Å². The first kappa shape index (κ1) is 14.7. The second-order valence-electron chi connectivity index (χ2n) is 4.60. The van der Waals surface area contributed by atoms with Crippen molar-refractivity contribution in [2.45, 2.75) is 19.9 Å². The average Bonchev–Trinajstić information content (AvgIpc) is 2.36. The van der Waals surface area contributed by atoms with Crippen LogP contribution in [0.5, 0.6) is 0 Å². The molecule has 0 fully saturated rings. The molecule has 2 nitrogen and oxygen atoms in total. The minimum atomic E-state index is 0.0855. The summed E-state index contributed by atoms with van der Waals surface area (Å²) in [5.74, 6) is 0. The minimum absolute atomic E-state index is 0.0855. The van der Waals surface area contributed by atoms with Crippen molar-refractivity contribution in [2.75, 3.05) is 7.05 Å². The molecule has 1 unspecified atom stereocenters. The van der Waals surface area contributed by atoms with Gasteiger partial charge >= 0.3 is 0 Å². The predicted molar refractivity (Wildman–Crippen MR) is 86.5 cm³/mol. The van der Waals surface area contributed by atoms with E-state index >= 15 is 0 Å². The standard InChI is InChI=1S/C15H16Br2N2/c1-9-4-5-10(2)12(6-9)14(18-3)15-13(17)7-11(16)8-19-15/h4-8,14,18H,1-3H3. The molecule has 1 atom stereocenters. The van der Waals surface area contributed by atoms with Crippen molar-refractivity contribution in [1.29, 1.82) is 0 Å². The molecular weight excluding hydrogens is 368 g/mol. The van der Waals surface area contributed by atoms with Gasteiger partial charge in [0.05, 0.1) is 11.7 Å². The van der Waals surface area contributed by atoms with Gasteiger partial charge < -0.3 is 5.32 Å². The quantitative estimate of drug-likeness (QED) is 0.841. The Bertz CT molecular complexity index is 597. The van der Waals surface area contributed by atoms with Gasteiger partial charge in [-0.25, -0.2) is 0 Å². The number of aryl methyl sites for hydroxylation is 2. The van der Waals surface area contributed by atoms with Gasteiger partial charge in [0.1, 0.15) is 0 Å². The van der Waals surface area contributed by atoms with Crippen LogP contribution in [0.1, 0.15) is 28.4 Å². The van der Waals surface area contributed by atoms with Gasteiger partial charge in [-0.3, -0.25) is 4.98 Å². The van der Waals surface area contributed by atoms with Crippen LogP contribution in [-0.4, -0.2) is 12.0 Å². The molecule has 1 N–H and O–H groups in total. The highest BCUT2D eigenvalue weighted by atomic mass is 79.9. The summed E-state index contributed by atoms with van der Waals surface area (Å²) in [4.78, 5) is 4.54. The van der Waals surface area contributed by atoms with Crippen LogP contribution in [0.25, 0.3) is 0 Å². The smallest absolute Gasteiger partial charge is 0.0763 e. The summed E-state index contributed by atoms with van der Waals surface area (Å²) >= 11 is 7.03. The van der Waals surface area contributed by atoms with Gasteiger partial charge in [-0.05, 0) is 69.9 Å². The fourth-order valence-corrected chi connectivity index (χ4v) is 3.36. The molecule has 0 amide bonds. The molecule has 100 valence electrons. The molecule has 1 heterocycles. The van der Waals surface area contributed by atoms with E-state index in [2.05, 4.69) is 74.2 Å². The van der Waals surface area contributed by atoms with Crippen molar-refractivity contribution in [2.24, 2.45) is 0 Å². The first-order valence-corrected chi connectivity index (χ1v) is 7.67. The van der Waals surface area contributed by atoms with Crippen LogP contribution in [0.2, 0.25) is 0 Å². The summed E-state index contributed by atoms with van der Waals surface area (Å²) < 4.78 is 1.97. The monoisotopic (exact) mass is 382 g/mol. The molecule has 0 saturated heterocycles. The lowest BCUT2D eigenvalue weighted by atomic mass is 9.96. The van der Waals surface area contributed by atoms with Gasteiger partial charge in [0.15, 0.2) is 0 Å². The fourth-order valence-electron chi connectivity index (χ4n) is 2.15. The fraction of sp³-hybridized carbons (Fsp3) is 0.267. The maximum atomic E-state index is 4.54. The molecule has 4 heteroatoms. The number of rotatable bonds is 3. The number of nitrogens with zero attached hydrogens (tertiary/aromatic N) is 1. The van der Waals surface area contributed by atoms with Crippen molar-refractivity contribution in [1.82, 2.24) is 10.3 Å². The molecule has 0 aliphatic carbocycles. The third-order valence-corrected chi connectivity index (χ3v) is 4.21. The lowest BCUT2D eigenvalue weighted by Crippen LogP contribution is -2.20. The van der Waals surface area contributed by atoms with E-state index in [0.29, 0.717) is 0 Å². The normalized spacial score (nSPS) is 12.5. The van der Waals surface area contributed by atoms with E-state index in [-0.39, 0.29) is 6.04 Å². The van der Waals surface area contributed by atoms with E-state index in [0.717, 1.165) is 14.6 Å². The van der Waals surface area contributed by atoms with E-state index < -0.39 is 0 Å². The Morgan fingerprint density at radius 1 is 1.16 bits per heavy atom. The van der Waals surface area contributed by atoms with Crippen molar-refractivity contribution >= 4 is 31.9 Å². The summed E-state index contributed by atoms with van der Waals surface area (Å²) in [7, 11) is 1.96. The van der Waals surface area contributed by atoms with Crippen molar-refractivity contribution < 1.29 is 0 Å². The molecule has 2 rings (SSSR count). The van der Waals surface area contributed by atoms with Gasteiger partial charge in [-0.2, -0.15) is 0 Å². The van der Waals surface area contributed by atoms with Gasteiger partial charge in [0, 0.05) is 15.1 Å². The van der Waals surface area contributed by atoms with E-state index in [1.807, 2.05) is 19.3 Å². The molecule has 19 heavy (non-hydrogen) atoms. The van der Waals surface area contributed by atoms with Crippen LogP contribution in [0.3, 0.4) is 0 Å². The maximum absolute atomic E-state index is 4.54. The second-order valence-corrected chi connectivity index (χ2v) is 6.37. The molecular formula is C15H16Br2N2. The number of hydrogen-bond acceptors (Lipinski definition) is 2. The van der Waals surface area contributed by atoms with Crippen molar-refractivity contribution in [3.8, 4) is 0 Å². The highest BCUT2D eigenvalue weighted by Gasteiger charge is 2.18. The van der Waals surface area contributed by atoms with Gasteiger partial charge in [-0.15, -0.1) is 0 Å². The van der Waals surface area contributed by atoms with Gasteiger partial charge in [0.25, 0.3) is 0 Å². The Hall–Kier alpha value is -0.710. The highest BCUT2D eigenvalue weighted by molar-refractivity contribution is 9.11. The first-order chi connectivity index (χ1) is 9.02. The summed E-state index contributed by atoms with van der Waals surface area (Å²) in [6, 6.07) is 8.62. The SMILES string of the molecule is CNC(c1cc(C)ccc1C)c1ncc(Br)cc1Br. The molecule has 0 aliphatic rings. The van der Waals surface area contributed by atoms with Gasteiger partial charge in [-0.1, -0.05) is 23.8 Å². The summed E-state index contributed by atoms with van der Waals surface area (Å²) in [6.07, 6.45) is 1.83. The summed E-state index contributed by atoms with van der Waals surface area (Å²) in [6.45, 7) is 4.24. The third kappa shape index (κ3) is 3.25. The molecule has 1 aromatic heterocycles. The topological polar surface area (TPSA) is 24.9 Å². The first-order valence-electron chi connectivity index (χ1n) is 6.08. The molecule has 0 aliphatic heterocycles. The average molecular weight is 384 g/mol. The lowest BCUT2D eigenvalue weighted by molar-refractivity contribution is 0.663. The Kier molecular flexibility index (Phi) is 4.76. The number of halogens is 2. The Morgan fingerprint density at radius 3 is 2.53 bits per heavy atom. The van der Waals surface area contributed by atoms with Crippen LogP contribution in [0, 0.1) is 13.8 Å². The number of pyridine rings is 1. The Labute approximate surface area is 130 Å². The zero-order valence-electron chi connectivity index (χ0n) is 11.2. The van der Waals surface area contributed by atoms with Crippen LogP contribution >= 0.6 is 31.9 Å². The predicted octanol–water partition coefficient (Wildman–Crippen LogP) is 4.53. The number of nitrogens with one attached hydrogen (secondary N) is 1. The van der Waals surface area contributed by atoms with Crippen LogP contribution in [0.15, 0.2) is 39.4 Å². The molecule has 0 radical (unpaired) electrons. The minimum Gasteiger partial charge on any atom is -0.308 e. The molecule has 0 saturated carbocycles. The number of hydrogen-bond donors (Lipinski definition) is 1. The summed E-state index contributed by atoms with van der Waals surface area (Å²) in [5.41, 5.74) is 4.79. The molecule has 0 bridgehead atoms. The molecule has 0 spiro atoms. The zero-order chi connectivity index (χ0) is 14.0. The van der Waals surface area contributed by atoms with E-state index in [4.69, 9.17) is 0 Å². The lowest BCUT2D eigenvalue weighted by Gasteiger charge is -2.20. The zero-order valence-corrected chi connectivity index (χ0v) is 14.3. The van der Waals surface area contributed by atoms with Crippen LogP contribution < -0.4 is 5.32 Å². The van der Waals surface area contributed by atoms with Crippen molar-refractivity contribution in [3.05, 3.63) is 61.8 Å². The Balaban J connectivity index is 2.52. The van der Waals surface area contributed by atoms with E-state index in [9.17, 15) is 0 Å². The van der Waals surface area contributed by atoms with Crippen LogP contribution in [0.4, 0.5) is 0 Å². The van der Waals surface area contributed by atoms with E-state index in [1.54, 1.807) is 0 Å². The number of aromatic nitrogens is 1. The second kappa shape index (κ2) is 6.16. The summed E-state index contributed by atoms with van der Waals surface area (Å²) in [5, 5.41) is 3.36. The van der Waals surface area contributed by atoms with E-state index in [1.165, 1.54) is 16.7 Å². The molecule has 2 aromatic rings. The molecule has 1 aromatic carbocycles. The van der Waals surface area contributed by atoms with Crippen LogP contribution in [-0.2, 0) is 0 Å². The largest absolute Gasteiger partial charge is 0.308 e. The van der Waals surface area contributed by atoms with Gasteiger partial charge in [0.2, 0.25) is 0 Å².